The van der Waals surface area contributed by atoms with Crippen LogP contribution in [0.1, 0.15) is 26.3 Å². The Bertz CT molecular complexity index is 502. The molecule has 1 aromatic rings. The second-order valence-electron chi connectivity index (χ2n) is 5.60. The number of benzene rings is 1. The molecule has 0 heterocycles. The highest BCUT2D eigenvalue weighted by Gasteiger charge is 2.14. The van der Waals surface area contributed by atoms with Gasteiger partial charge in [0, 0.05) is 25.3 Å². The molecule has 1 amide bonds. The Hall–Kier alpha value is -2.15. The van der Waals surface area contributed by atoms with Crippen molar-refractivity contribution in [3.8, 4) is 11.8 Å². The third kappa shape index (κ3) is 6.14. The third-order valence-corrected chi connectivity index (χ3v) is 2.34. The Morgan fingerprint density at radius 2 is 1.85 bits per heavy atom. The predicted molar refractivity (Wildman–Crippen MR) is 81.9 cm³/mol. The number of carbonyl (C=O) groups is 1. The minimum atomic E-state index is -0.487. The Kier molecular flexibility index (Phi) is 5.45. The SMILES string of the molecule is CN(C)c1ccc(C#CCNC(=O)OC(C)(C)C)cc1. The van der Waals surface area contributed by atoms with E-state index in [0.717, 1.165) is 11.3 Å². The lowest BCUT2D eigenvalue weighted by molar-refractivity contribution is 0.0535. The molecular weight excluding hydrogens is 252 g/mol. The van der Waals surface area contributed by atoms with Crippen molar-refractivity contribution in [3.63, 3.8) is 0 Å². The number of hydrogen-bond acceptors (Lipinski definition) is 3. The molecule has 0 saturated heterocycles. The normalized spacial score (nSPS) is 10.2. The van der Waals surface area contributed by atoms with Gasteiger partial charge in [0.05, 0.1) is 6.54 Å². The number of carbonyl (C=O) groups excluding carboxylic acids is 1. The van der Waals surface area contributed by atoms with Crippen molar-refractivity contribution in [2.45, 2.75) is 26.4 Å². The lowest BCUT2D eigenvalue weighted by Gasteiger charge is -2.19. The molecule has 0 aliphatic heterocycles. The van der Waals surface area contributed by atoms with Crippen LogP contribution >= 0.6 is 0 Å². The van der Waals surface area contributed by atoms with Crippen LogP contribution in [0.5, 0.6) is 0 Å². The van der Waals surface area contributed by atoms with Crippen molar-refractivity contribution in [1.82, 2.24) is 5.32 Å². The zero-order chi connectivity index (χ0) is 15.2. The average molecular weight is 274 g/mol. The molecule has 4 nitrogen and oxygen atoms in total. The summed E-state index contributed by atoms with van der Waals surface area (Å²) in [4.78, 5) is 13.4. The quantitative estimate of drug-likeness (QED) is 0.843. The molecule has 0 aromatic heterocycles. The van der Waals surface area contributed by atoms with Crippen LogP contribution < -0.4 is 10.2 Å². The molecule has 0 fully saturated rings. The Balaban J connectivity index is 2.45. The monoisotopic (exact) mass is 274 g/mol. The molecule has 0 saturated carbocycles. The number of anilines is 1. The van der Waals surface area contributed by atoms with Crippen molar-refractivity contribution in [3.05, 3.63) is 29.8 Å². The van der Waals surface area contributed by atoms with Crippen molar-refractivity contribution in [1.29, 1.82) is 0 Å². The van der Waals surface area contributed by atoms with Gasteiger partial charge in [0.15, 0.2) is 0 Å². The summed E-state index contributed by atoms with van der Waals surface area (Å²) >= 11 is 0. The largest absolute Gasteiger partial charge is 0.444 e. The fraction of sp³-hybridized carbons (Fsp3) is 0.438. The summed E-state index contributed by atoms with van der Waals surface area (Å²) < 4.78 is 5.11. The van der Waals surface area contributed by atoms with Crippen LogP contribution in [-0.4, -0.2) is 32.3 Å². The first-order valence-corrected chi connectivity index (χ1v) is 6.51. The highest BCUT2D eigenvalue weighted by molar-refractivity contribution is 5.68. The van der Waals surface area contributed by atoms with E-state index in [1.807, 2.05) is 64.0 Å². The van der Waals surface area contributed by atoms with E-state index in [1.54, 1.807) is 0 Å². The van der Waals surface area contributed by atoms with Gasteiger partial charge in [-0.3, -0.25) is 0 Å². The summed E-state index contributed by atoms with van der Waals surface area (Å²) in [7, 11) is 3.98. The van der Waals surface area contributed by atoms with E-state index in [-0.39, 0.29) is 6.54 Å². The van der Waals surface area contributed by atoms with Crippen LogP contribution in [0.25, 0.3) is 0 Å². The van der Waals surface area contributed by atoms with Crippen LogP contribution in [0.2, 0.25) is 0 Å². The van der Waals surface area contributed by atoms with Gasteiger partial charge >= 0.3 is 6.09 Å². The van der Waals surface area contributed by atoms with E-state index in [2.05, 4.69) is 17.2 Å². The number of nitrogens with one attached hydrogen (secondary N) is 1. The van der Waals surface area contributed by atoms with Gasteiger partial charge in [0.1, 0.15) is 5.60 Å². The molecular formula is C16H22N2O2. The number of nitrogens with zero attached hydrogens (tertiary/aromatic N) is 1. The van der Waals surface area contributed by atoms with E-state index >= 15 is 0 Å². The maximum absolute atomic E-state index is 11.4. The van der Waals surface area contributed by atoms with E-state index in [9.17, 15) is 4.79 Å². The lowest BCUT2D eigenvalue weighted by atomic mass is 10.2. The van der Waals surface area contributed by atoms with Crippen molar-refractivity contribution in [2.75, 3.05) is 25.5 Å². The first-order chi connectivity index (χ1) is 9.28. The highest BCUT2D eigenvalue weighted by Crippen LogP contribution is 2.11. The standard InChI is InChI=1S/C16H22N2O2/c1-16(2,3)20-15(19)17-12-6-7-13-8-10-14(11-9-13)18(4)5/h8-11H,12H2,1-5H3,(H,17,19). The lowest BCUT2D eigenvalue weighted by Crippen LogP contribution is -2.32. The summed E-state index contributed by atoms with van der Waals surface area (Å²) in [6.07, 6.45) is -0.449. The number of alkyl carbamates (subject to hydrolysis) is 1. The average Bonchev–Trinajstić information content (AvgIpc) is 2.33. The number of amides is 1. The van der Waals surface area contributed by atoms with E-state index in [1.165, 1.54) is 0 Å². The summed E-state index contributed by atoms with van der Waals surface area (Å²) in [5, 5.41) is 2.60. The van der Waals surface area contributed by atoms with Gasteiger partial charge in [-0.1, -0.05) is 11.8 Å². The molecule has 0 spiro atoms. The minimum Gasteiger partial charge on any atom is -0.444 e. The van der Waals surface area contributed by atoms with Crippen LogP contribution in [0, 0.1) is 11.8 Å². The maximum atomic E-state index is 11.4. The molecule has 0 radical (unpaired) electrons. The second-order valence-corrected chi connectivity index (χ2v) is 5.60. The zero-order valence-electron chi connectivity index (χ0n) is 12.8. The van der Waals surface area contributed by atoms with Crippen LogP contribution in [0.15, 0.2) is 24.3 Å². The Morgan fingerprint density at radius 3 is 2.35 bits per heavy atom. The molecule has 4 heteroatoms. The highest BCUT2D eigenvalue weighted by atomic mass is 16.6. The van der Waals surface area contributed by atoms with Gasteiger partial charge in [-0.05, 0) is 45.0 Å². The van der Waals surface area contributed by atoms with Crippen molar-refractivity contribution in [2.24, 2.45) is 0 Å². The van der Waals surface area contributed by atoms with Gasteiger partial charge in [0.25, 0.3) is 0 Å². The van der Waals surface area contributed by atoms with Crippen LogP contribution in [-0.2, 0) is 4.74 Å². The molecule has 1 N–H and O–H groups in total. The molecule has 0 aliphatic carbocycles. The topological polar surface area (TPSA) is 41.6 Å². The van der Waals surface area contributed by atoms with Crippen molar-refractivity contribution >= 4 is 11.8 Å². The van der Waals surface area contributed by atoms with Crippen LogP contribution in [0.3, 0.4) is 0 Å². The Labute approximate surface area is 121 Å². The van der Waals surface area contributed by atoms with Gasteiger partial charge in [0.2, 0.25) is 0 Å². The molecule has 1 rings (SSSR count). The fourth-order valence-electron chi connectivity index (χ4n) is 1.42. The summed E-state index contributed by atoms with van der Waals surface area (Å²) in [6, 6.07) is 7.92. The molecule has 0 aliphatic rings. The second kappa shape index (κ2) is 6.85. The summed E-state index contributed by atoms with van der Waals surface area (Å²) in [5.74, 6) is 5.88. The third-order valence-electron chi connectivity index (χ3n) is 2.34. The van der Waals surface area contributed by atoms with E-state index < -0.39 is 11.7 Å². The maximum Gasteiger partial charge on any atom is 0.408 e. The molecule has 0 unspecified atom stereocenters. The number of ether oxygens (including phenoxy) is 1. The van der Waals surface area contributed by atoms with Gasteiger partial charge < -0.3 is 15.0 Å². The Morgan fingerprint density at radius 1 is 1.25 bits per heavy atom. The van der Waals surface area contributed by atoms with Gasteiger partial charge in [-0.25, -0.2) is 4.79 Å². The summed E-state index contributed by atoms with van der Waals surface area (Å²) in [5.41, 5.74) is 1.56. The first kappa shape index (κ1) is 15.9. The van der Waals surface area contributed by atoms with E-state index in [0.29, 0.717) is 0 Å². The fourth-order valence-corrected chi connectivity index (χ4v) is 1.42. The molecule has 0 bridgehead atoms. The molecule has 108 valence electrons. The van der Waals surface area contributed by atoms with Gasteiger partial charge in [-0.15, -0.1) is 0 Å². The summed E-state index contributed by atoms with van der Waals surface area (Å²) in [6.45, 7) is 5.74. The molecule has 1 aromatic carbocycles. The number of hydrogen-bond donors (Lipinski definition) is 1. The minimum absolute atomic E-state index is 0.268. The van der Waals surface area contributed by atoms with Crippen molar-refractivity contribution < 1.29 is 9.53 Å². The number of rotatable bonds is 2. The van der Waals surface area contributed by atoms with Crippen LogP contribution in [0.4, 0.5) is 10.5 Å². The van der Waals surface area contributed by atoms with E-state index in [4.69, 9.17) is 4.74 Å². The zero-order valence-corrected chi connectivity index (χ0v) is 12.8. The first-order valence-electron chi connectivity index (χ1n) is 6.51. The smallest absolute Gasteiger partial charge is 0.408 e. The predicted octanol–water partition coefficient (Wildman–Crippen LogP) is 2.63. The molecule has 20 heavy (non-hydrogen) atoms. The molecule has 0 atom stereocenters. The van der Waals surface area contributed by atoms with Gasteiger partial charge in [-0.2, -0.15) is 0 Å².